The van der Waals surface area contributed by atoms with Crippen LogP contribution in [0.15, 0.2) is 28.7 Å². The van der Waals surface area contributed by atoms with Crippen LogP contribution in [0.4, 0.5) is 0 Å². The number of allylic oxidation sites excluding steroid dienone is 4. The van der Waals surface area contributed by atoms with Crippen LogP contribution in [0.25, 0.3) is 0 Å². The molecule has 2 rings (SSSR count). The molecule has 8 heavy (non-hydrogen) atoms. The van der Waals surface area contributed by atoms with Gasteiger partial charge in [0.2, 0.25) is 0 Å². The summed E-state index contributed by atoms with van der Waals surface area (Å²) in [6.45, 7) is 0. The molecule has 39 valence electrons. The van der Waals surface area contributed by atoms with E-state index < -0.39 is 0 Å². The summed E-state index contributed by atoms with van der Waals surface area (Å²) in [4.78, 5) is 0. The van der Waals surface area contributed by atoms with Crippen molar-refractivity contribution >= 4 is 11.8 Å². The lowest BCUT2D eigenvalue weighted by Crippen LogP contribution is -1.75. The molecule has 0 nitrogen and oxygen atoms in total. The summed E-state index contributed by atoms with van der Waals surface area (Å²) < 4.78 is 0. The minimum absolute atomic E-state index is 1.15. The summed E-state index contributed by atoms with van der Waals surface area (Å²) in [5.41, 5.74) is 2.81. The number of hydrogen-bond donors (Lipinski definition) is 0. The van der Waals surface area contributed by atoms with E-state index in [2.05, 4.69) is 17.6 Å². The summed E-state index contributed by atoms with van der Waals surface area (Å²) >= 11 is 1.86. The van der Waals surface area contributed by atoms with Gasteiger partial charge in [0.1, 0.15) is 0 Å². The van der Waals surface area contributed by atoms with Gasteiger partial charge in [0.25, 0.3) is 0 Å². The van der Waals surface area contributed by atoms with Crippen molar-refractivity contribution in [3.8, 4) is 0 Å². The van der Waals surface area contributed by atoms with E-state index in [9.17, 15) is 0 Å². The topological polar surface area (TPSA) is 0 Å². The zero-order valence-electron chi connectivity index (χ0n) is 4.35. The molecular weight excluding hydrogens is 116 g/mol. The summed E-state index contributed by atoms with van der Waals surface area (Å²) in [6, 6.07) is 0. The smallest absolute Gasteiger partial charge is 0.0232 e. The predicted molar refractivity (Wildman–Crippen MR) is 36.4 cm³/mol. The fourth-order valence-corrected chi connectivity index (χ4v) is 1.78. The van der Waals surface area contributed by atoms with Crippen LogP contribution in [0.2, 0.25) is 0 Å². The highest BCUT2D eigenvalue weighted by Gasteiger charge is 2.10. The van der Waals surface area contributed by atoms with Crippen LogP contribution in [0.1, 0.15) is 0 Å². The van der Waals surface area contributed by atoms with Crippen LogP contribution in [-0.4, -0.2) is 5.75 Å². The molecule has 1 heterocycles. The highest BCUT2D eigenvalue weighted by Crippen LogP contribution is 2.31. The Bertz CT molecular complexity index is 196. The Balaban J connectivity index is 2.49. The monoisotopic (exact) mass is 121 g/mol. The number of hydrogen-bond acceptors (Lipinski definition) is 1. The van der Waals surface area contributed by atoms with Gasteiger partial charge in [-0.05, 0) is 34.8 Å². The minimum Gasteiger partial charge on any atom is -0.129 e. The second kappa shape index (κ2) is 1.52. The van der Waals surface area contributed by atoms with E-state index in [0.29, 0.717) is 0 Å². The Morgan fingerprint density at radius 2 is 2.62 bits per heavy atom. The molecule has 0 saturated heterocycles. The van der Waals surface area contributed by atoms with E-state index >= 15 is 0 Å². The van der Waals surface area contributed by atoms with Gasteiger partial charge < -0.3 is 0 Å². The molecule has 0 bridgehead atoms. The Hall–Kier alpha value is -0.430. The van der Waals surface area contributed by atoms with Gasteiger partial charge in [-0.15, -0.1) is 11.8 Å². The van der Waals surface area contributed by atoms with E-state index in [4.69, 9.17) is 0 Å². The number of fused-ring (bicyclic) bond motifs is 1. The number of thioether (sulfide) groups is 1. The summed E-state index contributed by atoms with van der Waals surface area (Å²) in [5.74, 6) is 1.15. The van der Waals surface area contributed by atoms with Crippen LogP contribution < -0.4 is 0 Å². The molecule has 2 aliphatic rings. The Labute approximate surface area is 53.0 Å². The van der Waals surface area contributed by atoms with Crippen LogP contribution in [0.5, 0.6) is 0 Å². The predicted octanol–water partition coefficient (Wildman–Crippen LogP) is 1.92. The van der Waals surface area contributed by atoms with Crippen molar-refractivity contribution in [2.45, 2.75) is 0 Å². The van der Waals surface area contributed by atoms with Gasteiger partial charge >= 0.3 is 0 Å². The molecule has 0 fully saturated rings. The third-order valence-corrected chi connectivity index (χ3v) is 2.21. The fourth-order valence-electron chi connectivity index (χ4n) is 0.864. The maximum atomic E-state index is 3.06. The first-order valence-electron chi connectivity index (χ1n) is 2.57. The molecule has 0 N–H and O–H groups in total. The van der Waals surface area contributed by atoms with Crippen LogP contribution in [0.3, 0.4) is 0 Å². The van der Waals surface area contributed by atoms with Gasteiger partial charge in [0, 0.05) is 5.75 Å². The van der Waals surface area contributed by atoms with Crippen LogP contribution in [-0.2, 0) is 0 Å². The first kappa shape index (κ1) is 4.45. The molecule has 1 aliphatic heterocycles. The van der Waals surface area contributed by atoms with Gasteiger partial charge in [-0.25, -0.2) is 0 Å². The molecule has 1 radical (unpaired) electrons. The van der Waals surface area contributed by atoms with E-state index in [1.54, 1.807) is 0 Å². The normalized spacial score (nSPS) is 23.0. The SMILES string of the molecule is [C]1=CC2=CSCC2=C1. The van der Waals surface area contributed by atoms with Gasteiger partial charge in [-0.1, -0.05) is 0 Å². The molecule has 0 spiro atoms. The van der Waals surface area contributed by atoms with Crippen molar-refractivity contribution in [3.63, 3.8) is 0 Å². The van der Waals surface area contributed by atoms with Crippen LogP contribution >= 0.6 is 11.8 Å². The maximum absolute atomic E-state index is 3.06. The van der Waals surface area contributed by atoms with E-state index in [1.165, 1.54) is 11.1 Å². The molecule has 0 aromatic carbocycles. The number of rotatable bonds is 0. The zero-order chi connectivity index (χ0) is 5.40. The van der Waals surface area contributed by atoms with Gasteiger partial charge in [-0.3, -0.25) is 0 Å². The highest BCUT2D eigenvalue weighted by atomic mass is 32.2. The minimum atomic E-state index is 1.15. The van der Waals surface area contributed by atoms with Crippen molar-refractivity contribution in [1.82, 2.24) is 0 Å². The third kappa shape index (κ3) is 0.480. The lowest BCUT2D eigenvalue weighted by Gasteiger charge is -1.86. The maximum Gasteiger partial charge on any atom is 0.0232 e. The summed E-state index contributed by atoms with van der Waals surface area (Å²) in [7, 11) is 0. The largest absolute Gasteiger partial charge is 0.129 e. The lowest BCUT2D eigenvalue weighted by atomic mass is 10.2. The fraction of sp³-hybridized carbons (Fsp3) is 0.143. The van der Waals surface area contributed by atoms with E-state index in [0.717, 1.165) is 5.75 Å². The highest BCUT2D eigenvalue weighted by molar-refractivity contribution is 8.02. The van der Waals surface area contributed by atoms with Crippen molar-refractivity contribution in [1.29, 1.82) is 0 Å². The Kier molecular flexibility index (Phi) is 0.847. The first-order chi connectivity index (χ1) is 3.97. The molecule has 1 heteroatoms. The van der Waals surface area contributed by atoms with Crippen molar-refractivity contribution in [2.75, 3.05) is 5.75 Å². The average Bonchev–Trinajstić information content (AvgIpc) is 2.15. The second-order valence-corrected chi connectivity index (χ2v) is 2.72. The van der Waals surface area contributed by atoms with Gasteiger partial charge in [-0.2, -0.15) is 0 Å². The Morgan fingerprint density at radius 3 is 3.50 bits per heavy atom. The molecule has 0 aromatic heterocycles. The van der Waals surface area contributed by atoms with E-state index in [-0.39, 0.29) is 0 Å². The zero-order valence-corrected chi connectivity index (χ0v) is 5.16. The van der Waals surface area contributed by atoms with Crippen molar-refractivity contribution in [3.05, 3.63) is 34.8 Å². The average molecular weight is 121 g/mol. The van der Waals surface area contributed by atoms with Crippen molar-refractivity contribution in [2.24, 2.45) is 0 Å². The first-order valence-corrected chi connectivity index (χ1v) is 3.62. The molecule has 1 aliphatic carbocycles. The van der Waals surface area contributed by atoms with Crippen molar-refractivity contribution < 1.29 is 0 Å². The molecule has 0 unspecified atom stereocenters. The summed E-state index contributed by atoms with van der Waals surface area (Å²) in [6.07, 6.45) is 7.15. The van der Waals surface area contributed by atoms with Gasteiger partial charge in [0.15, 0.2) is 0 Å². The van der Waals surface area contributed by atoms with Crippen LogP contribution in [0, 0.1) is 6.08 Å². The summed E-state index contributed by atoms with van der Waals surface area (Å²) in [5, 5.41) is 2.19. The molecule has 0 aromatic rings. The standard InChI is InChI=1S/C7H5S/c1-2-6-4-8-5-7(6)3-1/h2-4H,5H2. The van der Waals surface area contributed by atoms with E-state index in [1.807, 2.05) is 17.8 Å². The molecular formula is C7H5S. The van der Waals surface area contributed by atoms with Gasteiger partial charge in [0.05, 0.1) is 0 Å². The lowest BCUT2D eigenvalue weighted by molar-refractivity contribution is 1.54. The third-order valence-electron chi connectivity index (χ3n) is 1.32. The molecule has 0 atom stereocenters. The molecule has 0 amide bonds. The molecule has 0 saturated carbocycles. The Morgan fingerprint density at radius 1 is 1.62 bits per heavy atom. The second-order valence-electron chi connectivity index (χ2n) is 1.86. The quantitative estimate of drug-likeness (QED) is 0.472.